The number of nitrogens with zero attached hydrogens (tertiary/aromatic N) is 4. The maximum absolute atomic E-state index is 8.44. The van der Waals surface area contributed by atoms with Crippen molar-refractivity contribution in [1.82, 2.24) is 15.0 Å². The van der Waals surface area contributed by atoms with Crippen molar-refractivity contribution in [2.75, 3.05) is 0 Å². The molecular weight excluding hydrogens is 160 g/mol. The van der Waals surface area contributed by atoms with E-state index in [4.69, 9.17) is 5.26 Å². The van der Waals surface area contributed by atoms with Crippen molar-refractivity contribution >= 4 is 21.7 Å². The number of hydrogen-bond donors (Lipinski definition) is 0. The first-order chi connectivity index (χ1) is 5.40. The van der Waals surface area contributed by atoms with Gasteiger partial charge in [0.2, 0.25) is 5.82 Å². The number of hydrogen-bond acceptors (Lipinski definition) is 5. The minimum absolute atomic E-state index is 0.196. The highest BCUT2D eigenvalue weighted by atomic mass is 32.1. The molecule has 0 aliphatic rings. The molecule has 2 aromatic rings. The lowest BCUT2D eigenvalue weighted by Crippen LogP contribution is -1.85. The molecule has 0 saturated carbocycles. The van der Waals surface area contributed by atoms with Crippen LogP contribution in [0.15, 0.2) is 11.7 Å². The molecule has 0 radical (unpaired) electrons. The highest BCUT2D eigenvalue weighted by Gasteiger charge is 1.99. The van der Waals surface area contributed by atoms with Crippen LogP contribution in [0, 0.1) is 11.3 Å². The van der Waals surface area contributed by atoms with E-state index in [0.29, 0.717) is 0 Å². The molecule has 0 N–H and O–H groups in total. The van der Waals surface area contributed by atoms with E-state index in [-0.39, 0.29) is 5.82 Å². The Morgan fingerprint density at radius 1 is 1.45 bits per heavy atom. The quantitative estimate of drug-likeness (QED) is 0.578. The molecule has 11 heavy (non-hydrogen) atoms. The largest absolute Gasteiger partial charge is 0.241 e. The molecule has 0 amide bonds. The number of rotatable bonds is 0. The Labute approximate surface area is 66.2 Å². The molecular formula is C6H2N4S. The Kier molecular flexibility index (Phi) is 1.27. The SMILES string of the molecule is N#Cc1ncc2ncsc2n1. The molecule has 4 nitrogen and oxygen atoms in total. The van der Waals surface area contributed by atoms with Gasteiger partial charge in [-0.25, -0.2) is 15.0 Å². The van der Waals surface area contributed by atoms with Gasteiger partial charge in [-0.05, 0) is 0 Å². The summed E-state index contributed by atoms with van der Waals surface area (Å²) in [5, 5.41) is 8.44. The topological polar surface area (TPSA) is 62.5 Å². The van der Waals surface area contributed by atoms with E-state index in [1.165, 1.54) is 11.3 Å². The Morgan fingerprint density at radius 2 is 2.36 bits per heavy atom. The fourth-order valence-corrected chi connectivity index (χ4v) is 1.35. The molecule has 0 bridgehead atoms. The van der Waals surface area contributed by atoms with Crippen LogP contribution in [0.4, 0.5) is 0 Å². The van der Waals surface area contributed by atoms with Crippen LogP contribution in [0.1, 0.15) is 5.82 Å². The molecule has 0 aliphatic heterocycles. The van der Waals surface area contributed by atoms with Crippen molar-refractivity contribution in [3.63, 3.8) is 0 Å². The fraction of sp³-hybridized carbons (Fsp3) is 0. The maximum Gasteiger partial charge on any atom is 0.233 e. The minimum atomic E-state index is 0.196. The summed E-state index contributed by atoms with van der Waals surface area (Å²) in [6, 6.07) is 1.87. The van der Waals surface area contributed by atoms with Crippen molar-refractivity contribution in [1.29, 1.82) is 5.26 Å². The summed E-state index contributed by atoms with van der Waals surface area (Å²) in [7, 11) is 0. The molecule has 0 saturated heterocycles. The van der Waals surface area contributed by atoms with E-state index in [0.717, 1.165) is 10.3 Å². The molecule has 0 unspecified atom stereocenters. The second-order valence-electron chi connectivity index (χ2n) is 1.85. The second kappa shape index (κ2) is 2.25. The first-order valence-electron chi connectivity index (χ1n) is 2.86. The van der Waals surface area contributed by atoms with E-state index >= 15 is 0 Å². The lowest BCUT2D eigenvalue weighted by atomic mass is 10.5. The Balaban J connectivity index is 2.79. The molecule has 52 valence electrons. The summed E-state index contributed by atoms with van der Waals surface area (Å²) in [4.78, 5) is 12.4. The fourth-order valence-electron chi connectivity index (χ4n) is 0.722. The van der Waals surface area contributed by atoms with Crippen LogP contribution in [-0.2, 0) is 0 Å². The molecule has 2 rings (SSSR count). The zero-order valence-electron chi connectivity index (χ0n) is 5.35. The zero-order valence-corrected chi connectivity index (χ0v) is 6.17. The number of nitriles is 1. The third-order valence-corrected chi connectivity index (χ3v) is 1.93. The predicted molar refractivity (Wildman–Crippen MR) is 39.9 cm³/mol. The molecule has 2 heterocycles. The highest BCUT2D eigenvalue weighted by molar-refractivity contribution is 7.16. The number of aromatic nitrogens is 3. The van der Waals surface area contributed by atoms with Gasteiger partial charge in [0.1, 0.15) is 16.4 Å². The molecule has 0 aromatic carbocycles. The van der Waals surface area contributed by atoms with Crippen molar-refractivity contribution in [3.05, 3.63) is 17.5 Å². The number of fused-ring (bicyclic) bond motifs is 1. The number of thiazole rings is 1. The summed E-state index contributed by atoms with van der Waals surface area (Å²) >= 11 is 1.40. The summed E-state index contributed by atoms with van der Waals surface area (Å²) in [6.45, 7) is 0. The molecule has 5 heteroatoms. The average molecular weight is 162 g/mol. The van der Waals surface area contributed by atoms with E-state index in [1.807, 2.05) is 6.07 Å². The van der Waals surface area contributed by atoms with Gasteiger partial charge in [0.15, 0.2) is 0 Å². The Morgan fingerprint density at radius 3 is 3.18 bits per heavy atom. The zero-order chi connectivity index (χ0) is 7.68. The summed E-state index contributed by atoms with van der Waals surface area (Å²) in [5.41, 5.74) is 2.43. The molecule has 0 atom stereocenters. The Bertz CT molecular complexity index is 427. The molecule has 0 fully saturated rings. The van der Waals surface area contributed by atoms with Crippen LogP contribution < -0.4 is 0 Å². The van der Waals surface area contributed by atoms with E-state index in [1.54, 1.807) is 11.7 Å². The highest BCUT2D eigenvalue weighted by Crippen LogP contribution is 2.12. The van der Waals surface area contributed by atoms with Gasteiger partial charge in [-0.2, -0.15) is 5.26 Å². The monoisotopic (exact) mass is 162 g/mol. The minimum Gasteiger partial charge on any atom is -0.241 e. The molecule has 0 spiro atoms. The standard InChI is InChI=1S/C6H2N4S/c7-1-5-8-2-4-6(10-5)11-3-9-4/h2-3H. The summed E-state index contributed by atoms with van der Waals surface area (Å²) in [6.07, 6.45) is 1.55. The van der Waals surface area contributed by atoms with Crippen LogP contribution in [0.2, 0.25) is 0 Å². The van der Waals surface area contributed by atoms with Crippen molar-refractivity contribution < 1.29 is 0 Å². The Hall–Kier alpha value is -1.54. The van der Waals surface area contributed by atoms with Crippen LogP contribution in [0.3, 0.4) is 0 Å². The van der Waals surface area contributed by atoms with Gasteiger partial charge in [0.25, 0.3) is 0 Å². The second-order valence-corrected chi connectivity index (χ2v) is 2.68. The normalized spacial score (nSPS) is 9.73. The van der Waals surface area contributed by atoms with Crippen LogP contribution in [0.25, 0.3) is 10.3 Å². The third kappa shape index (κ3) is 0.932. The van der Waals surface area contributed by atoms with Crippen LogP contribution in [-0.4, -0.2) is 15.0 Å². The average Bonchev–Trinajstić information content (AvgIpc) is 2.50. The lowest BCUT2D eigenvalue weighted by Gasteiger charge is -1.85. The van der Waals surface area contributed by atoms with Gasteiger partial charge >= 0.3 is 0 Å². The van der Waals surface area contributed by atoms with Gasteiger partial charge in [0, 0.05) is 0 Å². The molecule has 0 aliphatic carbocycles. The smallest absolute Gasteiger partial charge is 0.233 e. The van der Waals surface area contributed by atoms with Gasteiger partial charge in [-0.1, -0.05) is 0 Å². The van der Waals surface area contributed by atoms with Crippen molar-refractivity contribution in [3.8, 4) is 6.07 Å². The van der Waals surface area contributed by atoms with Crippen molar-refractivity contribution in [2.45, 2.75) is 0 Å². The van der Waals surface area contributed by atoms with Crippen LogP contribution >= 0.6 is 11.3 Å². The van der Waals surface area contributed by atoms with E-state index in [9.17, 15) is 0 Å². The van der Waals surface area contributed by atoms with Crippen molar-refractivity contribution in [2.24, 2.45) is 0 Å². The van der Waals surface area contributed by atoms with Gasteiger partial charge in [-0.3, -0.25) is 0 Å². The third-order valence-electron chi connectivity index (χ3n) is 1.19. The summed E-state index contributed by atoms with van der Waals surface area (Å²) in [5.74, 6) is 0.196. The van der Waals surface area contributed by atoms with Gasteiger partial charge < -0.3 is 0 Å². The van der Waals surface area contributed by atoms with Crippen LogP contribution in [0.5, 0.6) is 0 Å². The lowest BCUT2D eigenvalue weighted by molar-refractivity contribution is 1.16. The predicted octanol–water partition coefficient (Wildman–Crippen LogP) is 0.958. The van der Waals surface area contributed by atoms with E-state index in [2.05, 4.69) is 15.0 Å². The first kappa shape index (κ1) is 6.19. The summed E-state index contributed by atoms with van der Waals surface area (Å²) < 4.78 is 0. The molecule has 2 aromatic heterocycles. The van der Waals surface area contributed by atoms with Gasteiger partial charge in [0.05, 0.1) is 11.7 Å². The van der Waals surface area contributed by atoms with E-state index < -0.39 is 0 Å². The van der Waals surface area contributed by atoms with Gasteiger partial charge in [-0.15, -0.1) is 11.3 Å². The maximum atomic E-state index is 8.44. The first-order valence-corrected chi connectivity index (χ1v) is 3.74.